The molecular weight excluding hydrogens is 300 g/mol. The Kier molecular flexibility index (Phi) is 4.46. The van der Waals surface area contributed by atoms with E-state index < -0.39 is 10.0 Å². The van der Waals surface area contributed by atoms with Crippen molar-refractivity contribution in [3.05, 3.63) is 47.7 Å². The van der Waals surface area contributed by atoms with Crippen molar-refractivity contribution < 1.29 is 13.2 Å². The number of aromatic nitrogens is 1. The molecule has 0 bridgehead atoms. The second kappa shape index (κ2) is 6.11. The molecule has 0 fully saturated rings. The summed E-state index contributed by atoms with van der Waals surface area (Å²) in [6.07, 6.45) is 3.00. The van der Waals surface area contributed by atoms with Gasteiger partial charge in [-0.3, -0.25) is 9.71 Å². The Hall–Kier alpha value is -1.79. The van der Waals surface area contributed by atoms with Crippen LogP contribution in [-0.2, 0) is 10.0 Å². The summed E-state index contributed by atoms with van der Waals surface area (Å²) < 4.78 is 32.5. The zero-order chi connectivity index (χ0) is 14.6. The first-order chi connectivity index (χ1) is 9.53. The van der Waals surface area contributed by atoms with Gasteiger partial charge >= 0.3 is 0 Å². The van der Waals surface area contributed by atoms with Crippen LogP contribution in [-0.4, -0.2) is 20.0 Å². The van der Waals surface area contributed by atoms with Gasteiger partial charge in [-0.15, -0.1) is 0 Å². The van der Waals surface area contributed by atoms with Gasteiger partial charge in [-0.25, -0.2) is 8.42 Å². The monoisotopic (exact) mass is 312 g/mol. The highest BCUT2D eigenvalue weighted by Crippen LogP contribution is 2.28. The Bertz CT molecular complexity index is 690. The van der Waals surface area contributed by atoms with Crippen LogP contribution in [0.1, 0.15) is 6.92 Å². The van der Waals surface area contributed by atoms with Crippen molar-refractivity contribution in [3.8, 4) is 5.75 Å². The van der Waals surface area contributed by atoms with Crippen molar-refractivity contribution in [3.63, 3.8) is 0 Å². The summed E-state index contributed by atoms with van der Waals surface area (Å²) in [7, 11) is -3.78. The van der Waals surface area contributed by atoms with E-state index in [1.807, 2.05) is 0 Å². The first-order valence-electron chi connectivity index (χ1n) is 5.88. The summed E-state index contributed by atoms with van der Waals surface area (Å²) in [5.74, 6) is 0.262. The van der Waals surface area contributed by atoms with Crippen molar-refractivity contribution in [2.24, 2.45) is 0 Å². The fourth-order valence-electron chi connectivity index (χ4n) is 1.60. The molecule has 7 heteroatoms. The number of sulfonamides is 1. The molecule has 1 N–H and O–H groups in total. The first kappa shape index (κ1) is 14.6. The number of benzene rings is 1. The van der Waals surface area contributed by atoms with Crippen molar-refractivity contribution in [2.75, 3.05) is 11.3 Å². The molecule has 0 spiro atoms. The van der Waals surface area contributed by atoms with Crippen LogP contribution in [0.25, 0.3) is 0 Å². The topological polar surface area (TPSA) is 68.3 Å². The minimum absolute atomic E-state index is 0.00339. The third kappa shape index (κ3) is 3.40. The fraction of sp³-hybridized carbons (Fsp3) is 0.154. The molecule has 1 aromatic carbocycles. The molecule has 0 atom stereocenters. The van der Waals surface area contributed by atoms with Crippen LogP contribution in [0.2, 0.25) is 5.02 Å². The Labute approximate surface area is 122 Å². The smallest absolute Gasteiger partial charge is 0.265 e. The molecule has 0 amide bonds. The standard InChI is InChI=1S/C13H13ClN2O3S/c1-2-19-12-4-3-10(14)9-13(12)20(17,18)16-11-5-7-15-8-6-11/h3-9H,2H2,1H3,(H,15,16). The average molecular weight is 313 g/mol. The Morgan fingerprint density at radius 1 is 1.25 bits per heavy atom. The van der Waals surface area contributed by atoms with Gasteiger partial charge in [-0.1, -0.05) is 11.6 Å². The molecule has 1 heterocycles. The lowest BCUT2D eigenvalue weighted by Gasteiger charge is -2.12. The predicted octanol–water partition coefficient (Wildman–Crippen LogP) is 2.93. The summed E-state index contributed by atoms with van der Waals surface area (Å²) in [5, 5.41) is 0.323. The predicted molar refractivity (Wildman–Crippen MR) is 77.7 cm³/mol. The SMILES string of the molecule is CCOc1ccc(Cl)cc1S(=O)(=O)Nc1ccncc1. The van der Waals surface area contributed by atoms with Crippen molar-refractivity contribution >= 4 is 27.3 Å². The highest BCUT2D eigenvalue weighted by atomic mass is 35.5. The molecule has 0 aliphatic heterocycles. The quantitative estimate of drug-likeness (QED) is 0.921. The van der Waals surface area contributed by atoms with E-state index in [0.29, 0.717) is 17.3 Å². The van der Waals surface area contributed by atoms with Crippen molar-refractivity contribution in [1.29, 1.82) is 0 Å². The van der Waals surface area contributed by atoms with Crippen molar-refractivity contribution in [2.45, 2.75) is 11.8 Å². The van der Waals surface area contributed by atoms with Crippen LogP contribution in [0.15, 0.2) is 47.6 Å². The van der Waals surface area contributed by atoms with Crippen LogP contribution in [0.4, 0.5) is 5.69 Å². The molecule has 2 rings (SSSR count). The summed E-state index contributed by atoms with van der Waals surface area (Å²) in [6, 6.07) is 7.59. The molecule has 0 radical (unpaired) electrons. The minimum Gasteiger partial charge on any atom is -0.492 e. The van der Waals surface area contributed by atoms with E-state index in [9.17, 15) is 8.42 Å². The van der Waals surface area contributed by atoms with E-state index in [1.165, 1.54) is 24.5 Å². The molecule has 1 aromatic heterocycles. The lowest BCUT2D eigenvalue weighted by Crippen LogP contribution is -2.14. The van der Waals surface area contributed by atoms with Gasteiger partial charge in [0.15, 0.2) is 0 Å². The summed E-state index contributed by atoms with van der Waals surface area (Å²) in [6.45, 7) is 2.14. The highest BCUT2D eigenvalue weighted by molar-refractivity contribution is 7.92. The van der Waals surface area contributed by atoms with E-state index in [0.717, 1.165) is 0 Å². The zero-order valence-corrected chi connectivity index (χ0v) is 12.3. The maximum atomic E-state index is 12.4. The number of hydrogen-bond donors (Lipinski definition) is 1. The van der Waals surface area contributed by atoms with Crippen LogP contribution >= 0.6 is 11.6 Å². The largest absolute Gasteiger partial charge is 0.492 e. The van der Waals surface area contributed by atoms with Crippen LogP contribution in [0.3, 0.4) is 0 Å². The van der Waals surface area contributed by atoms with Gasteiger partial charge in [0.25, 0.3) is 10.0 Å². The normalized spacial score (nSPS) is 11.1. The van der Waals surface area contributed by atoms with E-state index in [-0.39, 0.29) is 10.6 Å². The second-order valence-corrected chi connectivity index (χ2v) is 5.95. The molecule has 0 saturated heterocycles. The fourth-order valence-corrected chi connectivity index (χ4v) is 3.06. The van der Waals surface area contributed by atoms with Gasteiger partial charge in [-0.2, -0.15) is 0 Å². The Balaban J connectivity index is 2.41. The molecule has 20 heavy (non-hydrogen) atoms. The van der Waals surface area contributed by atoms with Crippen LogP contribution < -0.4 is 9.46 Å². The van der Waals surface area contributed by atoms with Gasteiger partial charge in [0.05, 0.1) is 12.3 Å². The van der Waals surface area contributed by atoms with E-state index in [4.69, 9.17) is 16.3 Å². The zero-order valence-electron chi connectivity index (χ0n) is 10.7. The number of hydrogen-bond acceptors (Lipinski definition) is 4. The molecule has 0 saturated carbocycles. The number of rotatable bonds is 5. The number of pyridine rings is 1. The minimum atomic E-state index is -3.78. The first-order valence-corrected chi connectivity index (χ1v) is 7.74. The van der Waals surface area contributed by atoms with Crippen LogP contribution in [0, 0.1) is 0 Å². The molecule has 5 nitrogen and oxygen atoms in total. The number of nitrogens with zero attached hydrogens (tertiary/aromatic N) is 1. The Morgan fingerprint density at radius 3 is 2.60 bits per heavy atom. The lowest BCUT2D eigenvalue weighted by molar-refractivity contribution is 0.331. The Morgan fingerprint density at radius 2 is 1.95 bits per heavy atom. The van der Waals surface area contributed by atoms with E-state index >= 15 is 0 Å². The van der Waals surface area contributed by atoms with Gasteiger partial charge in [0.1, 0.15) is 10.6 Å². The van der Waals surface area contributed by atoms with Gasteiger partial charge < -0.3 is 4.74 Å². The number of nitrogens with one attached hydrogen (secondary N) is 1. The van der Waals surface area contributed by atoms with Crippen molar-refractivity contribution in [1.82, 2.24) is 4.98 Å². The molecule has 0 unspecified atom stereocenters. The van der Waals surface area contributed by atoms with E-state index in [1.54, 1.807) is 25.1 Å². The highest BCUT2D eigenvalue weighted by Gasteiger charge is 2.20. The number of halogens is 1. The maximum absolute atomic E-state index is 12.4. The van der Waals surface area contributed by atoms with E-state index in [2.05, 4.69) is 9.71 Å². The number of anilines is 1. The summed E-state index contributed by atoms with van der Waals surface area (Å²) in [4.78, 5) is 3.83. The van der Waals surface area contributed by atoms with Gasteiger partial charge in [0, 0.05) is 17.4 Å². The third-order valence-corrected chi connectivity index (χ3v) is 4.07. The summed E-state index contributed by atoms with van der Waals surface area (Å²) >= 11 is 5.87. The van der Waals surface area contributed by atoms with Crippen LogP contribution in [0.5, 0.6) is 5.75 Å². The van der Waals surface area contributed by atoms with Gasteiger partial charge in [0.2, 0.25) is 0 Å². The second-order valence-electron chi connectivity index (χ2n) is 3.87. The van der Waals surface area contributed by atoms with Gasteiger partial charge in [-0.05, 0) is 37.3 Å². The number of ether oxygens (including phenoxy) is 1. The molecule has 0 aliphatic rings. The molecule has 106 valence electrons. The molecule has 2 aromatic rings. The summed E-state index contributed by atoms with van der Waals surface area (Å²) in [5.41, 5.74) is 0.419. The molecule has 0 aliphatic carbocycles. The average Bonchev–Trinajstić information content (AvgIpc) is 2.41. The third-order valence-electron chi connectivity index (χ3n) is 2.43. The maximum Gasteiger partial charge on any atom is 0.265 e. The lowest BCUT2D eigenvalue weighted by atomic mass is 10.3. The molecular formula is C13H13ClN2O3S.